The van der Waals surface area contributed by atoms with Gasteiger partial charge in [0.2, 0.25) is 0 Å². The standard InChI is InChI=1S/C25H45N/c1-3-5-7-9-11-22-12-14-23(15-13-22)24-16-19-25(21-26,20-17-24)18-10-8-6-4-2/h22-24H,3-20H2,1-2H3/t22?,23?,24-,25+. The van der Waals surface area contributed by atoms with Crippen molar-refractivity contribution in [3.63, 3.8) is 0 Å². The summed E-state index contributed by atoms with van der Waals surface area (Å²) in [5, 5.41) is 9.80. The van der Waals surface area contributed by atoms with Crippen LogP contribution in [-0.4, -0.2) is 0 Å². The van der Waals surface area contributed by atoms with Gasteiger partial charge in [-0.25, -0.2) is 0 Å². The summed E-state index contributed by atoms with van der Waals surface area (Å²) >= 11 is 0. The average molecular weight is 360 g/mol. The minimum atomic E-state index is 0.0424. The lowest BCUT2D eigenvalue weighted by atomic mass is 9.63. The number of rotatable bonds is 11. The molecule has 0 aliphatic heterocycles. The van der Waals surface area contributed by atoms with Gasteiger partial charge in [0.15, 0.2) is 0 Å². The van der Waals surface area contributed by atoms with Crippen LogP contribution in [0.15, 0.2) is 0 Å². The molecule has 0 unspecified atom stereocenters. The van der Waals surface area contributed by atoms with Crippen LogP contribution in [0, 0.1) is 34.5 Å². The molecule has 26 heavy (non-hydrogen) atoms. The summed E-state index contributed by atoms with van der Waals surface area (Å²) in [6.45, 7) is 4.58. The summed E-state index contributed by atoms with van der Waals surface area (Å²) in [5.74, 6) is 2.95. The lowest BCUT2D eigenvalue weighted by Crippen LogP contribution is -2.31. The molecule has 1 heteroatoms. The Morgan fingerprint density at radius 3 is 1.88 bits per heavy atom. The van der Waals surface area contributed by atoms with Crippen molar-refractivity contribution in [2.24, 2.45) is 23.2 Å². The predicted octanol–water partition coefficient (Wildman–Crippen LogP) is 8.43. The van der Waals surface area contributed by atoms with Gasteiger partial charge >= 0.3 is 0 Å². The highest BCUT2D eigenvalue weighted by molar-refractivity contribution is 5.02. The Labute approximate surface area is 164 Å². The molecule has 0 aromatic carbocycles. The fourth-order valence-corrected chi connectivity index (χ4v) is 5.78. The maximum Gasteiger partial charge on any atom is 0.0689 e. The van der Waals surface area contributed by atoms with Crippen LogP contribution in [0.5, 0.6) is 0 Å². The summed E-state index contributed by atoms with van der Waals surface area (Å²) < 4.78 is 0. The summed E-state index contributed by atoms with van der Waals surface area (Å²) in [7, 11) is 0. The largest absolute Gasteiger partial charge is 0.198 e. The van der Waals surface area contributed by atoms with Crippen LogP contribution in [0.2, 0.25) is 0 Å². The number of hydrogen-bond acceptors (Lipinski definition) is 1. The molecule has 150 valence electrons. The van der Waals surface area contributed by atoms with Crippen LogP contribution in [0.3, 0.4) is 0 Å². The second-order valence-corrected chi connectivity index (χ2v) is 9.67. The first-order chi connectivity index (χ1) is 12.7. The van der Waals surface area contributed by atoms with Gasteiger partial charge in [0, 0.05) is 0 Å². The summed E-state index contributed by atoms with van der Waals surface area (Å²) in [5.41, 5.74) is 0.0424. The molecule has 0 radical (unpaired) electrons. The minimum Gasteiger partial charge on any atom is -0.198 e. The van der Waals surface area contributed by atoms with Crippen molar-refractivity contribution in [2.75, 3.05) is 0 Å². The Bertz CT molecular complexity index is 391. The second-order valence-electron chi connectivity index (χ2n) is 9.67. The second kappa shape index (κ2) is 12.0. The molecular formula is C25H45N. The SMILES string of the molecule is CCCCCCC1CCC([C@H]2CC[C@](C#N)(CCCCCC)CC2)CC1. The number of unbranched alkanes of at least 4 members (excludes halogenated alkanes) is 6. The van der Waals surface area contributed by atoms with Crippen LogP contribution < -0.4 is 0 Å². The Balaban J connectivity index is 1.66. The monoisotopic (exact) mass is 359 g/mol. The van der Waals surface area contributed by atoms with E-state index in [1.165, 1.54) is 116 Å². The first kappa shape index (κ1) is 21.8. The summed E-state index contributed by atoms with van der Waals surface area (Å²) in [6.07, 6.45) is 24.6. The van der Waals surface area contributed by atoms with Gasteiger partial charge in [-0.05, 0) is 62.7 Å². The van der Waals surface area contributed by atoms with E-state index in [2.05, 4.69) is 19.9 Å². The van der Waals surface area contributed by atoms with E-state index in [9.17, 15) is 5.26 Å². The summed E-state index contributed by atoms with van der Waals surface area (Å²) in [6, 6.07) is 2.76. The van der Waals surface area contributed by atoms with E-state index >= 15 is 0 Å². The molecule has 2 aliphatic rings. The van der Waals surface area contributed by atoms with Gasteiger partial charge < -0.3 is 0 Å². The van der Waals surface area contributed by atoms with Crippen molar-refractivity contribution in [3.8, 4) is 6.07 Å². The van der Waals surface area contributed by atoms with Gasteiger partial charge in [0.1, 0.15) is 0 Å². The van der Waals surface area contributed by atoms with Gasteiger partial charge in [-0.1, -0.05) is 84.5 Å². The maximum absolute atomic E-state index is 9.80. The van der Waals surface area contributed by atoms with Crippen LogP contribution in [0.4, 0.5) is 0 Å². The fraction of sp³-hybridized carbons (Fsp3) is 0.960. The third-order valence-corrected chi connectivity index (χ3v) is 7.76. The lowest BCUT2D eigenvalue weighted by molar-refractivity contribution is 0.114. The Morgan fingerprint density at radius 2 is 1.31 bits per heavy atom. The molecule has 0 bridgehead atoms. The molecule has 0 amide bonds. The maximum atomic E-state index is 9.80. The highest BCUT2D eigenvalue weighted by Crippen LogP contribution is 2.47. The fourth-order valence-electron chi connectivity index (χ4n) is 5.78. The van der Waals surface area contributed by atoms with Crippen molar-refractivity contribution >= 4 is 0 Å². The molecule has 2 rings (SSSR count). The van der Waals surface area contributed by atoms with E-state index in [4.69, 9.17) is 0 Å². The van der Waals surface area contributed by atoms with Crippen LogP contribution in [0.25, 0.3) is 0 Å². The zero-order valence-electron chi connectivity index (χ0n) is 17.9. The molecule has 0 atom stereocenters. The van der Waals surface area contributed by atoms with Gasteiger partial charge in [-0.2, -0.15) is 5.26 Å². The Hall–Kier alpha value is -0.510. The number of hydrogen-bond donors (Lipinski definition) is 0. The molecule has 0 heterocycles. The third-order valence-electron chi connectivity index (χ3n) is 7.76. The Morgan fingerprint density at radius 1 is 0.731 bits per heavy atom. The zero-order chi connectivity index (χ0) is 18.7. The molecule has 0 spiro atoms. The smallest absolute Gasteiger partial charge is 0.0689 e. The molecular weight excluding hydrogens is 314 g/mol. The van der Waals surface area contributed by atoms with E-state index in [0.717, 1.165) is 17.8 Å². The normalized spacial score (nSPS) is 32.3. The predicted molar refractivity (Wildman–Crippen MR) is 113 cm³/mol. The zero-order valence-corrected chi connectivity index (χ0v) is 17.9. The molecule has 0 aromatic rings. The topological polar surface area (TPSA) is 23.8 Å². The number of nitriles is 1. The van der Waals surface area contributed by atoms with Crippen LogP contribution in [-0.2, 0) is 0 Å². The lowest BCUT2D eigenvalue weighted by Gasteiger charge is -2.41. The van der Waals surface area contributed by atoms with Gasteiger partial charge in [-0.3, -0.25) is 0 Å². The molecule has 2 saturated carbocycles. The van der Waals surface area contributed by atoms with Crippen molar-refractivity contribution in [3.05, 3.63) is 0 Å². The first-order valence-electron chi connectivity index (χ1n) is 12.1. The van der Waals surface area contributed by atoms with E-state index in [1.54, 1.807) is 0 Å². The quantitative estimate of drug-likeness (QED) is 0.339. The van der Waals surface area contributed by atoms with E-state index in [-0.39, 0.29) is 5.41 Å². The van der Waals surface area contributed by atoms with Crippen LogP contribution in [0.1, 0.15) is 129 Å². The van der Waals surface area contributed by atoms with Gasteiger partial charge in [0.05, 0.1) is 11.5 Å². The van der Waals surface area contributed by atoms with Crippen LogP contribution >= 0.6 is 0 Å². The molecule has 0 saturated heterocycles. The van der Waals surface area contributed by atoms with E-state index in [1.807, 2.05) is 0 Å². The van der Waals surface area contributed by atoms with Crippen molar-refractivity contribution in [1.29, 1.82) is 5.26 Å². The molecule has 1 nitrogen and oxygen atoms in total. The molecule has 0 N–H and O–H groups in total. The van der Waals surface area contributed by atoms with Crippen molar-refractivity contribution in [1.82, 2.24) is 0 Å². The molecule has 2 aliphatic carbocycles. The van der Waals surface area contributed by atoms with Crippen molar-refractivity contribution in [2.45, 2.75) is 129 Å². The molecule has 0 aromatic heterocycles. The molecule has 2 fully saturated rings. The van der Waals surface area contributed by atoms with Gasteiger partial charge in [0.25, 0.3) is 0 Å². The van der Waals surface area contributed by atoms with E-state index in [0.29, 0.717) is 0 Å². The highest BCUT2D eigenvalue weighted by Gasteiger charge is 2.38. The number of nitrogens with zero attached hydrogens (tertiary/aromatic N) is 1. The van der Waals surface area contributed by atoms with Crippen molar-refractivity contribution < 1.29 is 0 Å². The highest BCUT2D eigenvalue weighted by atomic mass is 14.4. The summed E-state index contributed by atoms with van der Waals surface area (Å²) in [4.78, 5) is 0. The van der Waals surface area contributed by atoms with Gasteiger partial charge in [-0.15, -0.1) is 0 Å². The minimum absolute atomic E-state index is 0.0424. The average Bonchev–Trinajstić information content (AvgIpc) is 2.70. The Kier molecular flexibility index (Phi) is 10.1. The first-order valence-corrected chi connectivity index (χ1v) is 12.1. The van der Waals surface area contributed by atoms with E-state index < -0.39 is 0 Å². The third kappa shape index (κ3) is 6.90.